The lowest BCUT2D eigenvalue weighted by molar-refractivity contribution is -0.384. The molecule has 1 amide bonds. The van der Waals surface area contributed by atoms with Crippen LogP contribution in [0.2, 0.25) is 0 Å². The molecule has 1 aromatic heterocycles. The molecule has 1 unspecified atom stereocenters. The Hall–Kier alpha value is -4.84. The third kappa shape index (κ3) is 5.01. The summed E-state index contributed by atoms with van der Waals surface area (Å²) in [6.07, 6.45) is 1.40. The van der Waals surface area contributed by atoms with E-state index in [1.165, 1.54) is 37.5 Å². The van der Waals surface area contributed by atoms with Crippen molar-refractivity contribution in [2.24, 2.45) is 0 Å². The Morgan fingerprint density at radius 2 is 2.00 bits per heavy atom. The number of hydrogen-bond acceptors (Lipinski definition) is 10. The minimum absolute atomic E-state index is 0.0119. The van der Waals surface area contributed by atoms with Gasteiger partial charge in [0.1, 0.15) is 23.0 Å². The molecule has 4 rings (SSSR count). The van der Waals surface area contributed by atoms with E-state index in [0.29, 0.717) is 11.3 Å². The van der Waals surface area contributed by atoms with Crippen molar-refractivity contribution in [3.8, 4) is 5.75 Å². The van der Waals surface area contributed by atoms with Gasteiger partial charge in [-0.25, -0.2) is 9.78 Å². The number of aromatic nitrogens is 1. The second-order valence-corrected chi connectivity index (χ2v) is 9.48. The summed E-state index contributed by atoms with van der Waals surface area (Å²) in [5.41, 5.74) is 0.732. The molecule has 39 heavy (non-hydrogen) atoms. The summed E-state index contributed by atoms with van der Waals surface area (Å²) in [6, 6.07) is 8.92. The molecule has 12 heteroatoms. The van der Waals surface area contributed by atoms with Crippen molar-refractivity contribution in [1.82, 2.24) is 4.98 Å². The predicted molar refractivity (Wildman–Crippen MR) is 143 cm³/mol. The predicted octanol–water partition coefficient (Wildman–Crippen LogP) is 4.65. The van der Waals surface area contributed by atoms with E-state index in [9.17, 15) is 29.6 Å². The number of nitrogens with zero attached hydrogens (tertiary/aromatic N) is 3. The van der Waals surface area contributed by atoms with Crippen LogP contribution in [0, 0.1) is 24.0 Å². The number of nitro benzene ring substituents is 1. The van der Waals surface area contributed by atoms with Gasteiger partial charge in [0.15, 0.2) is 5.13 Å². The first-order valence-electron chi connectivity index (χ1n) is 11.5. The number of ketones is 1. The maximum absolute atomic E-state index is 13.4. The molecule has 0 saturated carbocycles. The van der Waals surface area contributed by atoms with Gasteiger partial charge in [-0.05, 0) is 43.2 Å². The first-order chi connectivity index (χ1) is 18.6. The summed E-state index contributed by atoms with van der Waals surface area (Å²) < 4.78 is 10.3. The highest BCUT2D eigenvalue weighted by atomic mass is 32.1. The van der Waals surface area contributed by atoms with Crippen molar-refractivity contribution in [2.45, 2.75) is 19.9 Å². The fraction of sp³-hybridized carbons (Fsp3) is 0.185. The van der Waals surface area contributed by atoms with E-state index in [0.717, 1.165) is 16.2 Å². The number of ether oxygens (including phenoxy) is 2. The molecule has 1 aliphatic rings. The molecule has 200 valence electrons. The monoisotopic (exact) mass is 549 g/mol. The van der Waals surface area contributed by atoms with Crippen LogP contribution in [0.15, 0.2) is 60.7 Å². The van der Waals surface area contributed by atoms with Crippen LogP contribution in [0.5, 0.6) is 5.75 Å². The molecular weight excluding hydrogens is 526 g/mol. The van der Waals surface area contributed by atoms with Crippen LogP contribution in [0.3, 0.4) is 0 Å². The highest BCUT2D eigenvalue weighted by Crippen LogP contribution is 2.45. The summed E-state index contributed by atoms with van der Waals surface area (Å²) in [7, 11) is 1.49. The molecule has 0 bridgehead atoms. The van der Waals surface area contributed by atoms with Crippen molar-refractivity contribution in [2.75, 3.05) is 18.6 Å². The van der Waals surface area contributed by atoms with Gasteiger partial charge >= 0.3 is 11.9 Å². The average Bonchev–Trinajstić information content (AvgIpc) is 3.43. The molecule has 11 nitrogen and oxygen atoms in total. The number of non-ortho nitro benzene ring substituents is 1. The number of carbonyl (C=O) groups excluding carboxylic acids is 3. The molecule has 3 aromatic rings. The Labute approximate surface area is 226 Å². The third-order valence-electron chi connectivity index (χ3n) is 6.04. The van der Waals surface area contributed by atoms with E-state index in [1.807, 2.05) is 0 Å². The van der Waals surface area contributed by atoms with Crippen molar-refractivity contribution in [3.05, 3.63) is 98.1 Å². The quantitative estimate of drug-likeness (QED) is 0.0806. The Morgan fingerprint density at radius 3 is 2.64 bits per heavy atom. The Kier molecular flexibility index (Phi) is 7.58. The Morgan fingerprint density at radius 1 is 1.26 bits per heavy atom. The summed E-state index contributed by atoms with van der Waals surface area (Å²) in [4.78, 5) is 55.7. The highest BCUT2D eigenvalue weighted by molar-refractivity contribution is 7.17. The van der Waals surface area contributed by atoms with Crippen LogP contribution in [0.4, 0.5) is 10.8 Å². The SMILES string of the molecule is C=CCOC(=O)c1sc(N2C(=O)C(=O)C(=C(O)c3ccc(OC)cc3C)C2c2cccc([N+](=O)[O-])c2)nc1C. The van der Waals surface area contributed by atoms with Crippen LogP contribution in [-0.2, 0) is 14.3 Å². The normalized spacial score (nSPS) is 16.3. The highest BCUT2D eigenvalue weighted by Gasteiger charge is 2.49. The first-order valence-corrected chi connectivity index (χ1v) is 12.4. The number of Topliss-reactive ketones (excluding diaryl/α,β-unsaturated/α-hetero) is 1. The summed E-state index contributed by atoms with van der Waals surface area (Å²) in [5.74, 6) is -2.66. The summed E-state index contributed by atoms with van der Waals surface area (Å²) >= 11 is 0.826. The molecule has 1 saturated heterocycles. The molecule has 0 radical (unpaired) electrons. The molecule has 1 atom stereocenters. The van der Waals surface area contributed by atoms with Crippen molar-refractivity contribution < 1.29 is 33.9 Å². The number of hydrogen-bond donors (Lipinski definition) is 1. The van der Waals surface area contributed by atoms with Crippen LogP contribution in [-0.4, -0.2) is 46.4 Å². The zero-order valence-corrected chi connectivity index (χ0v) is 22.0. The average molecular weight is 550 g/mol. The zero-order chi connectivity index (χ0) is 28.4. The van der Waals surface area contributed by atoms with Gasteiger partial charge in [-0.1, -0.05) is 36.1 Å². The largest absolute Gasteiger partial charge is 0.507 e. The Bertz CT molecular complexity index is 1560. The fourth-order valence-electron chi connectivity index (χ4n) is 4.20. The van der Waals surface area contributed by atoms with E-state index in [-0.39, 0.29) is 44.7 Å². The second kappa shape index (κ2) is 10.9. The van der Waals surface area contributed by atoms with E-state index >= 15 is 0 Å². The van der Waals surface area contributed by atoms with Crippen LogP contribution in [0.25, 0.3) is 5.76 Å². The van der Waals surface area contributed by atoms with Crippen LogP contribution >= 0.6 is 11.3 Å². The van der Waals surface area contributed by atoms with Crippen molar-refractivity contribution >= 4 is 45.6 Å². The number of methoxy groups -OCH3 is 1. The van der Waals surface area contributed by atoms with Crippen LogP contribution < -0.4 is 9.64 Å². The van der Waals surface area contributed by atoms with Gasteiger partial charge in [-0.2, -0.15) is 0 Å². The lowest BCUT2D eigenvalue weighted by atomic mass is 9.93. The summed E-state index contributed by atoms with van der Waals surface area (Å²) in [5, 5.41) is 22.9. The fourth-order valence-corrected chi connectivity index (χ4v) is 5.19. The number of aliphatic hydroxyl groups is 1. The molecule has 1 N–H and O–H groups in total. The van der Waals surface area contributed by atoms with Gasteiger partial charge < -0.3 is 14.6 Å². The van der Waals surface area contributed by atoms with E-state index in [2.05, 4.69) is 11.6 Å². The molecule has 1 aliphatic heterocycles. The Balaban J connectivity index is 1.94. The third-order valence-corrected chi connectivity index (χ3v) is 7.18. The molecule has 0 spiro atoms. The molecule has 2 aromatic carbocycles. The lowest BCUT2D eigenvalue weighted by Crippen LogP contribution is -2.29. The minimum Gasteiger partial charge on any atom is -0.507 e. The second-order valence-electron chi connectivity index (χ2n) is 8.50. The van der Waals surface area contributed by atoms with Crippen LogP contribution in [0.1, 0.15) is 38.1 Å². The molecule has 2 heterocycles. The molecule has 0 aliphatic carbocycles. The van der Waals surface area contributed by atoms with E-state index in [1.54, 1.807) is 32.0 Å². The van der Waals surface area contributed by atoms with Gasteiger partial charge in [0.25, 0.3) is 11.5 Å². The number of nitro groups is 1. The topological polar surface area (TPSA) is 149 Å². The number of amides is 1. The number of anilines is 1. The van der Waals surface area contributed by atoms with E-state index < -0.39 is 34.4 Å². The zero-order valence-electron chi connectivity index (χ0n) is 21.2. The smallest absolute Gasteiger partial charge is 0.350 e. The number of rotatable bonds is 8. The number of aliphatic hydroxyl groups excluding tert-OH is 1. The van der Waals surface area contributed by atoms with Gasteiger partial charge in [0, 0.05) is 17.7 Å². The lowest BCUT2D eigenvalue weighted by Gasteiger charge is -2.23. The first kappa shape index (κ1) is 27.2. The van der Waals surface area contributed by atoms with Gasteiger partial charge in [0.2, 0.25) is 0 Å². The van der Waals surface area contributed by atoms with E-state index in [4.69, 9.17) is 9.47 Å². The van der Waals surface area contributed by atoms with Gasteiger partial charge in [-0.3, -0.25) is 24.6 Å². The maximum atomic E-state index is 13.4. The van der Waals surface area contributed by atoms with Crippen molar-refractivity contribution in [1.29, 1.82) is 0 Å². The number of benzene rings is 2. The number of carbonyl (C=O) groups is 3. The van der Waals surface area contributed by atoms with Gasteiger partial charge in [-0.15, -0.1) is 0 Å². The minimum atomic E-state index is -1.27. The number of esters is 1. The number of aryl methyl sites for hydroxylation is 2. The molecule has 1 fully saturated rings. The maximum Gasteiger partial charge on any atom is 0.350 e. The number of thiazole rings is 1. The summed E-state index contributed by atoms with van der Waals surface area (Å²) in [6.45, 7) is 6.71. The van der Waals surface area contributed by atoms with Gasteiger partial charge in [0.05, 0.1) is 29.3 Å². The molecular formula is C27H23N3O8S. The van der Waals surface area contributed by atoms with Crippen molar-refractivity contribution in [3.63, 3.8) is 0 Å². The standard InChI is InChI=1S/C27H23N3O8S/c1-5-11-38-26(34)24-15(3)28-27(39-24)29-21(16-7-6-8-17(13-16)30(35)36)20(23(32)25(29)33)22(31)19-10-9-18(37-4)12-14(19)2/h5-10,12-13,21,31H,1,11H2,2-4H3.